The molecule has 0 spiro atoms. The molecule has 1 saturated heterocycles. The molecule has 2 rings (SSSR count). The largest absolute Gasteiger partial charge is 0.399 e. The number of hydrogen-bond acceptors (Lipinski definition) is 2. The molecular weight excluding hydrogens is 243 g/mol. The first kappa shape index (κ1) is 15.6. The Morgan fingerprint density at radius 3 is 2.12 bits per heavy atom. The molecule has 0 saturated carbocycles. The van der Waals surface area contributed by atoms with Gasteiger partial charge < -0.3 is 10.6 Å². The minimum atomic E-state index is 0. The number of nitrogens with two attached hydrogens (primary N) is 1. The van der Waals surface area contributed by atoms with Gasteiger partial charge in [0.1, 0.15) is 0 Å². The lowest BCUT2D eigenvalue weighted by Crippen LogP contribution is -2.21. The molecule has 1 aromatic rings. The highest BCUT2D eigenvalue weighted by Crippen LogP contribution is 2.10. The fourth-order valence-electron chi connectivity index (χ4n) is 1.98. The van der Waals surface area contributed by atoms with Crippen LogP contribution in [0.2, 0.25) is 0 Å². The van der Waals surface area contributed by atoms with E-state index in [1.165, 1.54) is 38.0 Å². The Hall–Kier alpha value is -0.440. The summed E-state index contributed by atoms with van der Waals surface area (Å²) in [6, 6.07) is 8.23. The monoisotopic (exact) mass is 262 g/mol. The Labute approximate surface area is 110 Å². The lowest BCUT2D eigenvalue weighted by molar-refractivity contribution is 0.343. The highest BCUT2D eigenvalue weighted by Gasteiger charge is 2.10. The van der Waals surface area contributed by atoms with Gasteiger partial charge in [-0.3, -0.25) is 0 Å². The van der Waals surface area contributed by atoms with Gasteiger partial charge in [-0.2, -0.15) is 0 Å². The summed E-state index contributed by atoms with van der Waals surface area (Å²) in [6.45, 7) is 3.77. The van der Waals surface area contributed by atoms with E-state index in [1.54, 1.807) is 0 Å². The van der Waals surface area contributed by atoms with E-state index in [4.69, 9.17) is 5.73 Å². The zero-order valence-corrected chi connectivity index (χ0v) is 11.0. The summed E-state index contributed by atoms with van der Waals surface area (Å²) in [7, 11) is 0. The number of nitrogen functional groups attached to an aromatic ring is 1. The zero-order valence-electron chi connectivity index (χ0n) is 9.39. The second-order valence-electron chi connectivity index (χ2n) is 4.04. The second-order valence-corrected chi connectivity index (χ2v) is 4.04. The van der Waals surface area contributed by atoms with Crippen LogP contribution in [0.3, 0.4) is 0 Å². The van der Waals surface area contributed by atoms with Crippen molar-refractivity contribution in [1.29, 1.82) is 0 Å². The molecule has 0 atom stereocenters. The minimum Gasteiger partial charge on any atom is -0.399 e. The van der Waals surface area contributed by atoms with Gasteiger partial charge in [0.15, 0.2) is 0 Å². The van der Waals surface area contributed by atoms with Crippen LogP contribution in [0.15, 0.2) is 24.3 Å². The lowest BCUT2D eigenvalue weighted by atomic mass is 10.1. The molecule has 0 aromatic heterocycles. The van der Waals surface area contributed by atoms with E-state index in [9.17, 15) is 0 Å². The summed E-state index contributed by atoms with van der Waals surface area (Å²) in [5, 5.41) is 0. The van der Waals surface area contributed by atoms with Gasteiger partial charge in [-0.25, -0.2) is 0 Å². The van der Waals surface area contributed by atoms with Crippen molar-refractivity contribution in [3.8, 4) is 0 Å². The van der Waals surface area contributed by atoms with Crippen molar-refractivity contribution >= 4 is 30.5 Å². The highest BCUT2D eigenvalue weighted by atomic mass is 35.5. The molecule has 1 heterocycles. The number of rotatable bonds is 3. The van der Waals surface area contributed by atoms with Gasteiger partial charge in [0.25, 0.3) is 0 Å². The summed E-state index contributed by atoms with van der Waals surface area (Å²) in [6.07, 6.45) is 3.91. The molecule has 2 nitrogen and oxygen atoms in total. The number of halogens is 2. The van der Waals surface area contributed by atoms with Crippen molar-refractivity contribution in [2.75, 3.05) is 25.4 Å². The molecule has 0 bridgehead atoms. The van der Waals surface area contributed by atoms with Gasteiger partial charge in [0, 0.05) is 12.2 Å². The molecule has 1 aliphatic rings. The Bertz CT molecular complexity index is 282. The van der Waals surface area contributed by atoms with Crippen molar-refractivity contribution in [2.45, 2.75) is 19.3 Å². The van der Waals surface area contributed by atoms with E-state index in [2.05, 4.69) is 17.0 Å². The molecule has 0 amide bonds. The molecule has 1 aliphatic heterocycles. The van der Waals surface area contributed by atoms with Gasteiger partial charge in [-0.1, -0.05) is 12.1 Å². The summed E-state index contributed by atoms with van der Waals surface area (Å²) in [5.74, 6) is 0. The molecule has 0 aliphatic carbocycles. The molecule has 1 fully saturated rings. The van der Waals surface area contributed by atoms with E-state index in [1.807, 2.05) is 12.1 Å². The van der Waals surface area contributed by atoms with Crippen LogP contribution in [0.1, 0.15) is 18.4 Å². The second kappa shape index (κ2) is 7.77. The predicted molar refractivity (Wildman–Crippen MR) is 74.7 cm³/mol. The Balaban J connectivity index is 0.00000112. The van der Waals surface area contributed by atoms with Crippen LogP contribution in [-0.2, 0) is 6.42 Å². The molecule has 4 heteroatoms. The van der Waals surface area contributed by atoms with Gasteiger partial charge in [-0.05, 0) is 50.0 Å². The summed E-state index contributed by atoms with van der Waals surface area (Å²) >= 11 is 0. The number of hydrogen-bond donors (Lipinski definition) is 1. The van der Waals surface area contributed by atoms with Crippen LogP contribution in [0.5, 0.6) is 0 Å². The van der Waals surface area contributed by atoms with E-state index < -0.39 is 0 Å². The maximum atomic E-state index is 5.63. The van der Waals surface area contributed by atoms with Crippen LogP contribution < -0.4 is 5.73 Å². The fourth-order valence-corrected chi connectivity index (χ4v) is 1.98. The summed E-state index contributed by atoms with van der Waals surface area (Å²) < 4.78 is 0. The maximum absolute atomic E-state index is 5.63. The number of benzene rings is 1. The highest BCUT2D eigenvalue weighted by molar-refractivity contribution is 5.85. The number of anilines is 1. The van der Waals surface area contributed by atoms with Gasteiger partial charge in [0.05, 0.1) is 0 Å². The maximum Gasteiger partial charge on any atom is 0.0314 e. The van der Waals surface area contributed by atoms with Crippen LogP contribution >= 0.6 is 24.8 Å². The minimum absolute atomic E-state index is 0. The normalized spacial score (nSPS) is 15.2. The Morgan fingerprint density at radius 2 is 1.56 bits per heavy atom. The Morgan fingerprint density at radius 1 is 1.00 bits per heavy atom. The van der Waals surface area contributed by atoms with Crippen molar-refractivity contribution in [3.63, 3.8) is 0 Å². The summed E-state index contributed by atoms with van der Waals surface area (Å²) in [5.41, 5.74) is 7.89. The van der Waals surface area contributed by atoms with Crippen LogP contribution in [0.25, 0.3) is 0 Å². The number of likely N-dealkylation sites (tertiary alicyclic amines) is 1. The summed E-state index contributed by atoms with van der Waals surface area (Å²) in [4.78, 5) is 2.54. The van der Waals surface area contributed by atoms with Crippen LogP contribution in [0.4, 0.5) is 5.69 Å². The first-order chi connectivity index (χ1) is 6.84. The molecule has 0 radical (unpaired) electrons. The average Bonchev–Trinajstić information content (AvgIpc) is 2.70. The standard InChI is InChI=1S/C12H18N2.2ClH/c13-12-5-3-11(4-6-12)7-10-14-8-1-2-9-14;;/h3-6H,1-2,7-10,13H2;2*1H. The van der Waals surface area contributed by atoms with E-state index in [0.717, 1.165) is 12.1 Å². The van der Waals surface area contributed by atoms with Crippen molar-refractivity contribution in [3.05, 3.63) is 29.8 Å². The van der Waals surface area contributed by atoms with Gasteiger partial charge >= 0.3 is 0 Å². The smallest absolute Gasteiger partial charge is 0.0314 e. The molecule has 92 valence electrons. The van der Waals surface area contributed by atoms with E-state index >= 15 is 0 Å². The third kappa shape index (κ3) is 4.60. The molecular formula is C12H20Cl2N2. The third-order valence-electron chi connectivity index (χ3n) is 2.90. The molecule has 16 heavy (non-hydrogen) atoms. The van der Waals surface area contributed by atoms with Gasteiger partial charge in [-0.15, -0.1) is 24.8 Å². The quantitative estimate of drug-likeness (QED) is 0.850. The topological polar surface area (TPSA) is 29.3 Å². The van der Waals surface area contributed by atoms with Gasteiger partial charge in [0.2, 0.25) is 0 Å². The van der Waals surface area contributed by atoms with E-state index in [0.29, 0.717) is 0 Å². The molecule has 2 N–H and O–H groups in total. The SMILES string of the molecule is Cl.Cl.Nc1ccc(CCN2CCCC2)cc1. The average molecular weight is 263 g/mol. The van der Waals surface area contributed by atoms with Crippen LogP contribution in [0, 0.1) is 0 Å². The van der Waals surface area contributed by atoms with Crippen molar-refractivity contribution in [1.82, 2.24) is 4.90 Å². The first-order valence-electron chi connectivity index (χ1n) is 5.41. The third-order valence-corrected chi connectivity index (χ3v) is 2.90. The fraction of sp³-hybridized carbons (Fsp3) is 0.500. The molecule has 1 aromatic carbocycles. The number of nitrogens with zero attached hydrogens (tertiary/aromatic N) is 1. The van der Waals surface area contributed by atoms with Crippen molar-refractivity contribution < 1.29 is 0 Å². The van der Waals surface area contributed by atoms with E-state index in [-0.39, 0.29) is 24.8 Å². The predicted octanol–water partition coefficient (Wildman–Crippen LogP) is 2.75. The Kier molecular flexibility index (Phi) is 7.56. The van der Waals surface area contributed by atoms with Crippen molar-refractivity contribution in [2.24, 2.45) is 0 Å². The van der Waals surface area contributed by atoms with Crippen LogP contribution in [-0.4, -0.2) is 24.5 Å². The zero-order chi connectivity index (χ0) is 9.80. The first-order valence-corrected chi connectivity index (χ1v) is 5.41. The lowest BCUT2D eigenvalue weighted by Gasteiger charge is -2.13. The molecule has 0 unspecified atom stereocenters.